The van der Waals surface area contributed by atoms with Crippen molar-refractivity contribution in [2.24, 2.45) is 0 Å². The van der Waals surface area contributed by atoms with E-state index in [1.807, 2.05) is 42.2 Å². The van der Waals surface area contributed by atoms with Crippen molar-refractivity contribution >= 4 is 16.8 Å². The van der Waals surface area contributed by atoms with Gasteiger partial charge in [0.15, 0.2) is 0 Å². The fourth-order valence-corrected chi connectivity index (χ4v) is 3.13. The van der Waals surface area contributed by atoms with Gasteiger partial charge in [0.1, 0.15) is 0 Å². The van der Waals surface area contributed by atoms with Crippen molar-refractivity contribution in [2.45, 2.75) is 31.8 Å². The number of para-hydroxylation sites is 1. The zero-order valence-corrected chi connectivity index (χ0v) is 12.8. The molecular formula is C18H20N2O2. The Labute approximate surface area is 130 Å². The molecule has 1 aliphatic heterocycles. The zero-order valence-electron chi connectivity index (χ0n) is 12.8. The van der Waals surface area contributed by atoms with E-state index in [9.17, 15) is 4.79 Å². The van der Waals surface area contributed by atoms with Crippen LogP contribution in [0, 0.1) is 0 Å². The van der Waals surface area contributed by atoms with Gasteiger partial charge < -0.3 is 9.64 Å². The molecule has 4 nitrogen and oxygen atoms in total. The number of benzene rings is 1. The molecule has 0 radical (unpaired) electrons. The van der Waals surface area contributed by atoms with Crippen LogP contribution in [0.2, 0.25) is 0 Å². The number of morpholine rings is 1. The number of pyridine rings is 1. The largest absolute Gasteiger partial charge is 0.375 e. The Morgan fingerprint density at radius 2 is 2.14 bits per heavy atom. The van der Waals surface area contributed by atoms with E-state index < -0.39 is 0 Å². The smallest absolute Gasteiger partial charge is 0.254 e. The summed E-state index contributed by atoms with van der Waals surface area (Å²) >= 11 is 0. The molecule has 1 saturated heterocycles. The molecule has 4 heteroatoms. The normalized spacial score (nSPS) is 22.0. The molecule has 2 fully saturated rings. The van der Waals surface area contributed by atoms with Crippen LogP contribution in [-0.2, 0) is 4.74 Å². The van der Waals surface area contributed by atoms with Crippen LogP contribution in [0.3, 0.4) is 0 Å². The van der Waals surface area contributed by atoms with E-state index in [2.05, 4.69) is 0 Å². The Kier molecular flexibility index (Phi) is 3.34. The lowest BCUT2D eigenvalue weighted by Crippen LogP contribution is -2.44. The second-order valence-corrected chi connectivity index (χ2v) is 6.32. The highest BCUT2D eigenvalue weighted by molar-refractivity contribution is 6.06. The van der Waals surface area contributed by atoms with Gasteiger partial charge in [-0.1, -0.05) is 18.2 Å². The Balaban J connectivity index is 1.77. The minimum Gasteiger partial charge on any atom is -0.375 e. The molecule has 2 heterocycles. The molecule has 1 amide bonds. The molecule has 4 rings (SSSR count). The standard InChI is InChI=1S/C18H20N2O2/c1-12-11-20(8-9-22-12)18(21)15-10-17(13-6-7-13)19-16-5-3-2-4-14(15)16/h2-5,10,12-13H,6-9,11H2,1H3/t12-/m1/s1. The second kappa shape index (κ2) is 5.36. The predicted octanol–water partition coefficient (Wildman–Crippen LogP) is 2.97. The number of nitrogens with zero attached hydrogens (tertiary/aromatic N) is 2. The van der Waals surface area contributed by atoms with Crippen molar-refractivity contribution in [2.75, 3.05) is 19.7 Å². The highest BCUT2D eigenvalue weighted by atomic mass is 16.5. The van der Waals surface area contributed by atoms with Crippen LogP contribution in [0.4, 0.5) is 0 Å². The number of fused-ring (bicyclic) bond motifs is 1. The van der Waals surface area contributed by atoms with Crippen LogP contribution >= 0.6 is 0 Å². The summed E-state index contributed by atoms with van der Waals surface area (Å²) in [6, 6.07) is 9.97. The van der Waals surface area contributed by atoms with Gasteiger partial charge >= 0.3 is 0 Å². The van der Waals surface area contributed by atoms with Gasteiger partial charge in [-0.3, -0.25) is 9.78 Å². The van der Waals surface area contributed by atoms with Crippen molar-refractivity contribution in [3.8, 4) is 0 Å². The van der Waals surface area contributed by atoms with Crippen LogP contribution in [-0.4, -0.2) is 41.6 Å². The molecule has 114 valence electrons. The fraction of sp³-hybridized carbons (Fsp3) is 0.444. The third-order valence-electron chi connectivity index (χ3n) is 4.49. The average Bonchev–Trinajstić information content (AvgIpc) is 3.38. The number of rotatable bonds is 2. The molecule has 2 aliphatic rings. The van der Waals surface area contributed by atoms with Gasteiger partial charge in [0.05, 0.1) is 23.8 Å². The maximum Gasteiger partial charge on any atom is 0.254 e. The van der Waals surface area contributed by atoms with E-state index in [4.69, 9.17) is 9.72 Å². The van der Waals surface area contributed by atoms with Crippen molar-refractivity contribution in [1.82, 2.24) is 9.88 Å². The summed E-state index contributed by atoms with van der Waals surface area (Å²) in [4.78, 5) is 19.7. The number of amides is 1. The van der Waals surface area contributed by atoms with Crippen molar-refractivity contribution in [3.05, 3.63) is 41.6 Å². The van der Waals surface area contributed by atoms with Crippen molar-refractivity contribution in [1.29, 1.82) is 0 Å². The van der Waals surface area contributed by atoms with Crippen LogP contribution in [0.25, 0.3) is 10.9 Å². The number of carbonyl (C=O) groups is 1. The van der Waals surface area contributed by atoms with Gasteiger partial charge in [0.25, 0.3) is 5.91 Å². The Morgan fingerprint density at radius 3 is 2.91 bits per heavy atom. The van der Waals surface area contributed by atoms with E-state index in [0.29, 0.717) is 25.6 Å². The molecular weight excluding hydrogens is 276 g/mol. The number of hydrogen-bond acceptors (Lipinski definition) is 3. The molecule has 0 unspecified atom stereocenters. The predicted molar refractivity (Wildman–Crippen MR) is 85.0 cm³/mol. The average molecular weight is 296 g/mol. The van der Waals surface area contributed by atoms with Gasteiger partial charge in [-0.05, 0) is 31.9 Å². The number of ether oxygens (including phenoxy) is 1. The first-order valence-electron chi connectivity index (χ1n) is 8.03. The SMILES string of the molecule is C[C@@H]1CN(C(=O)c2cc(C3CC3)nc3ccccc23)CCO1. The number of aromatic nitrogens is 1. The Bertz CT molecular complexity index is 724. The van der Waals surface area contributed by atoms with Gasteiger partial charge in [-0.2, -0.15) is 0 Å². The summed E-state index contributed by atoms with van der Waals surface area (Å²) in [6.45, 7) is 3.96. The highest BCUT2D eigenvalue weighted by Gasteiger charge is 2.29. The number of carbonyl (C=O) groups excluding carboxylic acids is 1. The third-order valence-corrected chi connectivity index (χ3v) is 4.49. The van der Waals surface area contributed by atoms with E-state index in [-0.39, 0.29) is 12.0 Å². The molecule has 1 atom stereocenters. The summed E-state index contributed by atoms with van der Waals surface area (Å²) < 4.78 is 5.55. The molecule has 1 aliphatic carbocycles. The van der Waals surface area contributed by atoms with Gasteiger partial charge in [0.2, 0.25) is 0 Å². The van der Waals surface area contributed by atoms with Crippen molar-refractivity contribution < 1.29 is 9.53 Å². The second-order valence-electron chi connectivity index (χ2n) is 6.32. The van der Waals surface area contributed by atoms with E-state index in [0.717, 1.165) is 22.2 Å². The summed E-state index contributed by atoms with van der Waals surface area (Å²) in [6.07, 6.45) is 2.48. The first-order valence-corrected chi connectivity index (χ1v) is 8.03. The molecule has 1 aromatic heterocycles. The summed E-state index contributed by atoms with van der Waals surface area (Å²) in [5.41, 5.74) is 2.79. The topological polar surface area (TPSA) is 42.4 Å². The van der Waals surface area contributed by atoms with Gasteiger partial charge in [-0.15, -0.1) is 0 Å². The van der Waals surface area contributed by atoms with E-state index >= 15 is 0 Å². The quantitative estimate of drug-likeness (QED) is 0.855. The Hall–Kier alpha value is -1.94. The maximum atomic E-state index is 13.0. The molecule has 1 saturated carbocycles. The molecule has 2 aromatic rings. The minimum atomic E-state index is 0.105. The monoisotopic (exact) mass is 296 g/mol. The van der Waals surface area contributed by atoms with Gasteiger partial charge in [-0.25, -0.2) is 0 Å². The van der Waals surface area contributed by atoms with E-state index in [1.165, 1.54) is 12.8 Å². The molecule has 0 N–H and O–H groups in total. The van der Waals surface area contributed by atoms with E-state index in [1.54, 1.807) is 0 Å². The Morgan fingerprint density at radius 1 is 1.32 bits per heavy atom. The molecule has 0 spiro atoms. The zero-order chi connectivity index (χ0) is 15.1. The lowest BCUT2D eigenvalue weighted by Gasteiger charge is -2.31. The first-order chi connectivity index (χ1) is 10.7. The van der Waals surface area contributed by atoms with Gasteiger partial charge in [0, 0.05) is 30.1 Å². The minimum absolute atomic E-state index is 0.105. The molecule has 1 aromatic carbocycles. The lowest BCUT2D eigenvalue weighted by atomic mass is 10.0. The lowest BCUT2D eigenvalue weighted by molar-refractivity contribution is -0.0123. The molecule has 0 bridgehead atoms. The summed E-state index contributed by atoms with van der Waals surface area (Å²) in [5, 5.41) is 0.955. The summed E-state index contributed by atoms with van der Waals surface area (Å²) in [7, 11) is 0. The fourth-order valence-electron chi connectivity index (χ4n) is 3.13. The number of hydrogen-bond donors (Lipinski definition) is 0. The third kappa shape index (κ3) is 2.48. The maximum absolute atomic E-state index is 13.0. The molecule has 22 heavy (non-hydrogen) atoms. The van der Waals surface area contributed by atoms with Crippen molar-refractivity contribution in [3.63, 3.8) is 0 Å². The van der Waals surface area contributed by atoms with Crippen LogP contribution < -0.4 is 0 Å². The first kappa shape index (κ1) is 13.7. The van der Waals surface area contributed by atoms with Crippen LogP contribution in [0.1, 0.15) is 41.7 Å². The summed E-state index contributed by atoms with van der Waals surface area (Å²) in [5.74, 6) is 0.649. The highest BCUT2D eigenvalue weighted by Crippen LogP contribution is 2.40. The van der Waals surface area contributed by atoms with Crippen LogP contribution in [0.15, 0.2) is 30.3 Å². The van der Waals surface area contributed by atoms with Crippen LogP contribution in [0.5, 0.6) is 0 Å².